The average Bonchev–Trinajstić information content (AvgIpc) is 3.56. The molecule has 4 heterocycles. The lowest BCUT2D eigenvalue weighted by atomic mass is 10.0. The van der Waals surface area contributed by atoms with Crippen LogP contribution in [0.25, 0.3) is 31.7 Å². The highest BCUT2D eigenvalue weighted by Crippen LogP contribution is 2.33. The maximum Gasteiger partial charge on any atom is 0.160 e. The minimum atomic E-state index is 0.751. The second-order valence-corrected chi connectivity index (χ2v) is 10.8. The Morgan fingerprint density at radius 1 is 0.611 bits per heavy atom. The Bertz CT molecular complexity index is 2390. The first-order valence-electron chi connectivity index (χ1n) is 11.8. The second kappa shape index (κ2) is 7.65. The molecular weight excluding hydrogens is 478 g/mol. The van der Waals surface area contributed by atoms with Gasteiger partial charge in [0.05, 0.1) is 5.35 Å². The topological polar surface area (TPSA) is 38.7 Å². The Hall–Kier alpha value is -4.19. The molecule has 7 aromatic rings. The second-order valence-electron chi connectivity index (χ2n) is 8.88. The number of hydrogen-bond donors (Lipinski definition) is 0. The van der Waals surface area contributed by atoms with E-state index in [9.17, 15) is 0 Å². The van der Waals surface area contributed by atoms with Crippen molar-refractivity contribution in [2.45, 2.75) is 0 Å². The third-order valence-corrected chi connectivity index (χ3v) is 8.92. The number of fused-ring (bicyclic) bond motifs is 7. The van der Waals surface area contributed by atoms with Gasteiger partial charge < -0.3 is 0 Å². The first kappa shape index (κ1) is 20.0. The number of nitrogens with zero attached hydrogens (tertiary/aromatic N) is 3. The molecule has 3 aromatic carbocycles. The molecule has 0 saturated carbocycles. The van der Waals surface area contributed by atoms with Crippen LogP contribution in [0.15, 0.2) is 103 Å². The van der Waals surface area contributed by atoms with Crippen LogP contribution in [0.3, 0.4) is 0 Å². The van der Waals surface area contributed by atoms with Crippen LogP contribution in [0.5, 0.6) is 0 Å². The third kappa shape index (κ3) is 2.87. The summed E-state index contributed by atoms with van der Waals surface area (Å²) in [7, 11) is 0. The zero-order chi connectivity index (χ0) is 23.6. The van der Waals surface area contributed by atoms with E-state index in [0.717, 1.165) is 32.2 Å². The highest BCUT2D eigenvalue weighted by atomic mass is 32.1. The summed E-state index contributed by atoms with van der Waals surface area (Å²) in [5.74, 6) is 0.751. The maximum atomic E-state index is 5.00. The monoisotopic (exact) mass is 495 g/mol. The zero-order valence-electron chi connectivity index (χ0n) is 19.0. The van der Waals surface area contributed by atoms with Crippen LogP contribution in [-0.2, 0) is 0 Å². The van der Waals surface area contributed by atoms with Gasteiger partial charge in [0.25, 0.3) is 0 Å². The molecule has 0 N–H and O–H groups in total. The molecule has 4 aromatic heterocycles. The zero-order valence-corrected chi connectivity index (χ0v) is 20.6. The highest BCUT2D eigenvalue weighted by Gasteiger charge is 2.10. The maximum absolute atomic E-state index is 5.00. The van der Waals surface area contributed by atoms with Crippen molar-refractivity contribution in [1.29, 1.82) is 0 Å². The summed E-state index contributed by atoms with van der Waals surface area (Å²) in [6.07, 6.45) is 3.85. The van der Waals surface area contributed by atoms with E-state index in [-0.39, 0.29) is 0 Å². The first-order valence-corrected chi connectivity index (χ1v) is 13.5. The molecule has 5 heteroatoms. The van der Waals surface area contributed by atoms with E-state index in [0.29, 0.717) is 0 Å². The predicted molar refractivity (Wildman–Crippen MR) is 146 cm³/mol. The van der Waals surface area contributed by atoms with Gasteiger partial charge in [0.1, 0.15) is 4.83 Å². The van der Waals surface area contributed by atoms with Gasteiger partial charge in [-0.2, -0.15) is 0 Å². The third-order valence-electron chi connectivity index (χ3n) is 6.90. The van der Waals surface area contributed by atoms with E-state index in [1.54, 1.807) is 22.7 Å². The van der Waals surface area contributed by atoms with Gasteiger partial charge in [0.2, 0.25) is 0 Å². The average molecular weight is 496 g/mol. The summed E-state index contributed by atoms with van der Waals surface area (Å²) in [5, 5.41) is 12.7. The van der Waals surface area contributed by atoms with E-state index in [2.05, 4.69) is 84.2 Å². The molecule has 168 valence electrons. The van der Waals surface area contributed by atoms with Crippen molar-refractivity contribution in [3.63, 3.8) is 0 Å². The van der Waals surface area contributed by atoms with Gasteiger partial charge in [0.15, 0.2) is 5.82 Å². The number of hydrogen-bond acceptors (Lipinski definition) is 5. The lowest BCUT2D eigenvalue weighted by molar-refractivity contribution is 1.17. The molecule has 0 saturated heterocycles. The standard InChI is InChI=1S/C31H17N3S2/c1-2-8-21-19(6-1)25-16-18(30-33-17-26-20-7-3-4-10-27(20)36-31(26)34-30)11-12-23(25)29-24(13-15-35-29)22-9-5-14-32-28(21)22/h1-17H. The van der Waals surface area contributed by atoms with E-state index in [1.165, 1.54) is 40.7 Å². The largest absolute Gasteiger partial charge is 0.256 e. The Kier molecular flexibility index (Phi) is 4.26. The minimum absolute atomic E-state index is 0.751. The van der Waals surface area contributed by atoms with Crippen LogP contribution in [0, 0.1) is 41.2 Å². The molecule has 0 unspecified atom stereocenters. The van der Waals surface area contributed by atoms with Crippen molar-refractivity contribution in [2.75, 3.05) is 0 Å². The van der Waals surface area contributed by atoms with Gasteiger partial charge in [-0.3, -0.25) is 4.98 Å². The Morgan fingerprint density at radius 2 is 1.47 bits per heavy atom. The van der Waals surface area contributed by atoms with Gasteiger partial charge in [-0.1, -0.05) is 60.7 Å². The smallest absolute Gasteiger partial charge is 0.160 e. The van der Waals surface area contributed by atoms with Crippen molar-refractivity contribution in [3.05, 3.63) is 144 Å². The summed E-state index contributed by atoms with van der Waals surface area (Å²) in [4.78, 5) is 15.7. The molecule has 0 radical (unpaired) electrons. The normalized spacial score (nSPS) is 11.9. The summed E-state index contributed by atoms with van der Waals surface area (Å²) < 4.78 is 2.50. The summed E-state index contributed by atoms with van der Waals surface area (Å²) >= 11 is 3.50. The molecule has 0 atom stereocenters. The first-order chi connectivity index (χ1) is 17.8. The molecule has 0 amide bonds. The van der Waals surface area contributed by atoms with Crippen LogP contribution >= 0.6 is 22.7 Å². The lowest BCUT2D eigenvalue weighted by Crippen LogP contribution is -1.92. The van der Waals surface area contributed by atoms with Crippen molar-refractivity contribution in [1.82, 2.24) is 15.0 Å². The Morgan fingerprint density at radius 3 is 2.44 bits per heavy atom. The van der Waals surface area contributed by atoms with Gasteiger partial charge >= 0.3 is 0 Å². The minimum Gasteiger partial charge on any atom is -0.256 e. The molecule has 0 fully saturated rings. The molecule has 1 aliphatic carbocycles. The Labute approximate surface area is 212 Å². The van der Waals surface area contributed by atoms with Gasteiger partial charge in [0, 0.05) is 58.8 Å². The SMILES string of the molecule is c1ccc2c(c1)=c1cc(-c3ncc4c(n3)sc3ccccc34)ccc1=c1sccc1=c1cccnc1=2. The quantitative estimate of drug-likeness (QED) is 0.238. The molecule has 0 spiro atoms. The number of rotatable bonds is 1. The van der Waals surface area contributed by atoms with E-state index >= 15 is 0 Å². The number of pyridine rings is 1. The number of benzene rings is 3. The fourth-order valence-electron chi connectivity index (χ4n) is 5.25. The number of aromatic nitrogens is 3. The molecule has 36 heavy (non-hydrogen) atoms. The Balaban J connectivity index is 1.55. The van der Waals surface area contributed by atoms with E-state index < -0.39 is 0 Å². The van der Waals surface area contributed by atoms with Crippen LogP contribution in [-0.4, -0.2) is 15.0 Å². The molecule has 1 aliphatic rings. The van der Waals surface area contributed by atoms with Crippen LogP contribution in [0.1, 0.15) is 0 Å². The lowest BCUT2D eigenvalue weighted by Gasteiger charge is -2.03. The van der Waals surface area contributed by atoms with Crippen molar-refractivity contribution < 1.29 is 0 Å². The van der Waals surface area contributed by atoms with Crippen LogP contribution < -0.4 is 0 Å². The van der Waals surface area contributed by atoms with Crippen LogP contribution in [0.4, 0.5) is 0 Å². The highest BCUT2D eigenvalue weighted by molar-refractivity contribution is 7.25. The molecule has 3 nitrogen and oxygen atoms in total. The van der Waals surface area contributed by atoms with Crippen molar-refractivity contribution in [3.8, 4) is 11.4 Å². The van der Waals surface area contributed by atoms with Gasteiger partial charge in [-0.25, -0.2) is 9.97 Å². The summed E-state index contributed by atoms with van der Waals surface area (Å²) in [6.45, 7) is 0. The van der Waals surface area contributed by atoms with E-state index in [1.807, 2.05) is 18.5 Å². The fraction of sp³-hybridized carbons (Fsp3) is 0. The van der Waals surface area contributed by atoms with Crippen molar-refractivity contribution in [2.24, 2.45) is 0 Å². The molecule has 8 rings (SSSR count). The van der Waals surface area contributed by atoms with Crippen LogP contribution in [0.2, 0.25) is 0 Å². The molecule has 0 aliphatic heterocycles. The fourth-order valence-corrected chi connectivity index (χ4v) is 7.24. The molecular formula is C31H17N3S2. The van der Waals surface area contributed by atoms with E-state index in [4.69, 9.17) is 15.0 Å². The van der Waals surface area contributed by atoms with Gasteiger partial charge in [-0.15, -0.1) is 22.7 Å². The van der Waals surface area contributed by atoms with Gasteiger partial charge in [-0.05, 0) is 40.1 Å². The number of thiophene rings is 2. The van der Waals surface area contributed by atoms with Crippen molar-refractivity contribution >= 4 is 43.0 Å². The molecule has 0 bridgehead atoms. The summed E-state index contributed by atoms with van der Waals surface area (Å²) in [5.41, 5.74) is 1.02. The summed E-state index contributed by atoms with van der Waals surface area (Å²) in [6, 6.07) is 30.1. The predicted octanol–water partition coefficient (Wildman–Crippen LogP) is 7.43.